The zero-order valence-corrected chi connectivity index (χ0v) is 15.1. The Hall–Kier alpha value is -0.850. The van der Waals surface area contributed by atoms with Crippen LogP contribution < -0.4 is 0 Å². The van der Waals surface area contributed by atoms with Gasteiger partial charge in [-0.15, -0.1) is 0 Å². The summed E-state index contributed by atoms with van der Waals surface area (Å²) < 4.78 is 14.7. The van der Waals surface area contributed by atoms with E-state index in [-0.39, 0.29) is 5.83 Å². The van der Waals surface area contributed by atoms with Crippen LogP contribution in [0.15, 0.2) is 35.2 Å². The molecule has 0 aromatic heterocycles. The summed E-state index contributed by atoms with van der Waals surface area (Å²) in [5.74, 6) is 1.50. The third-order valence-corrected chi connectivity index (χ3v) is 4.35. The zero-order valence-electron chi connectivity index (χ0n) is 15.1. The highest BCUT2D eigenvalue weighted by Crippen LogP contribution is 2.29. The molecule has 0 amide bonds. The molecule has 0 aromatic rings. The molecule has 0 saturated carbocycles. The lowest BCUT2D eigenvalue weighted by Crippen LogP contribution is -1.94. The Kier molecular flexibility index (Phi) is 9.43. The molecule has 1 aliphatic carbocycles. The number of allylic oxidation sites excluding steroid dienone is 6. The predicted octanol–water partition coefficient (Wildman–Crippen LogP) is 7.53. The van der Waals surface area contributed by atoms with Gasteiger partial charge in [0.15, 0.2) is 0 Å². The molecule has 0 heterocycles. The summed E-state index contributed by atoms with van der Waals surface area (Å²) in [5, 5.41) is 0. The Balaban J connectivity index is 2.41. The highest BCUT2D eigenvalue weighted by Gasteiger charge is 2.12. The van der Waals surface area contributed by atoms with E-state index in [0.717, 1.165) is 49.2 Å². The van der Waals surface area contributed by atoms with E-state index in [1.54, 1.807) is 0 Å². The summed E-state index contributed by atoms with van der Waals surface area (Å²) in [5.41, 5.74) is 1.87. The van der Waals surface area contributed by atoms with Gasteiger partial charge < -0.3 is 0 Å². The molecule has 126 valence electrons. The third-order valence-electron chi connectivity index (χ3n) is 4.35. The van der Waals surface area contributed by atoms with E-state index in [1.807, 2.05) is 6.08 Å². The minimum atomic E-state index is 0.0663. The van der Waals surface area contributed by atoms with Crippen molar-refractivity contribution >= 4 is 0 Å². The van der Waals surface area contributed by atoms with Crippen molar-refractivity contribution in [2.45, 2.75) is 85.5 Å². The summed E-state index contributed by atoms with van der Waals surface area (Å²) in [7, 11) is 0. The lowest BCUT2D eigenvalue weighted by atomic mass is 9.97. The minimum Gasteiger partial charge on any atom is -0.206 e. The van der Waals surface area contributed by atoms with Crippen molar-refractivity contribution in [3.05, 3.63) is 35.2 Å². The van der Waals surface area contributed by atoms with Gasteiger partial charge in [-0.1, -0.05) is 71.6 Å². The van der Waals surface area contributed by atoms with Gasteiger partial charge in [-0.3, -0.25) is 0 Å². The third kappa shape index (κ3) is 7.96. The monoisotopic (exact) mass is 306 g/mol. The van der Waals surface area contributed by atoms with Gasteiger partial charge in [0, 0.05) is 0 Å². The van der Waals surface area contributed by atoms with E-state index in [0.29, 0.717) is 5.92 Å². The van der Waals surface area contributed by atoms with E-state index in [9.17, 15) is 4.39 Å². The molecule has 0 nitrogen and oxygen atoms in total. The van der Waals surface area contributed by atoms with Crippen molar-refractivity contribution in [2.75, 3.05) is 0 Å². The molecular weight excluding hydrogens is 271 g/mol. The van der Waals surface area contributed by atoms with Crippen molar-refractivity contribution in [3.63, 3.8) is 0 Å². The first-order chi connectivity index (χ1) is 10.5. The first-order valence-electron chi connectivity index (χ1n) is 9.25. The topological polar surface area (TPSA) is 0 Å². The van der Waals surface area contributed by atoms with Gasteiger partial charge in [0.05, 0.1) is 0 Å². The van der Waals surface area contributed by atoms with Gasteiger partial charge in [-0.05, 0) is 55.1 Å². The van der Waals surface area contributed by atoms with E-state index < -0.39 is 0 Å². The van der Waals surface area contributed by atoms with Crippen molar-refractivity contribution in [1.82, 2.24) is 0 Å². The average molecular weight is 307 g/mol. The average Bonchev–Trinajstić information content (AvgIpc) is 2.62. The smallest absolute Gasteiger partial charge is 0.129 e. The van der Waals surface area contributed by atoms with Crippen LogP contribution in [0.4, 0.5) is 4.39 Å². The summed E-state index contributed by atoms with van der Waals surface area (Å²) in [4.78, 5) is 0. The van der Waals surface area contributed by atoms with Crippen LogP contribution in [0.3, 0.4) is 0 Å². The fraction of sp³-hybridized carbons (Fsp3) is 0.714. The molecule has 0 spiro atoms. The maximum Gasteiger partial charge on any atom is 0.129 e. The molecule has 1 aliphatic rings. The van der Waals surface area contributed by atoms with Gasteiger partial charge in [-0.2, -0.15) is 0 Å². The van der Waals surface area contributed by atoms with Gasteiger partial charge >= 0.3 is 0 Å². The molecule has 22 heavy (non-hydrogen) atoms. The molecule has 0 radical (unpaired) electrons. The Labute approximate surface area is 137 Å². The summed E-state index contributed by atoms with van der Waals surface area (Å²) in [6.45, 7) is 8.96. The van der Waals surface area contributed by atoms with Crippen LogP contribution in [0.5, 0.6) is 0 Å². The van der Waals surface area contributed by atoms with Crippen LogP contribution >= 0.6 is 0 Å². The van der Waals surface area contributed by atoms with Crippen LogP contribution in [0.1, 0.15) is 85.5 Å². The molecule has 1 rings (SSSR count). The standard InChI is InChI=1S/C21H35F/c1-17(2)11-7-5-6-8-12-19-13-9-10-14-20(21(19)22)16-15-18(3)4/h10,13-14,17-18H,5-9,11-12,15-16H2,1-4H3. The highest BCUT2D eigenvalue weighted by atomic mass is 19.1. The van der Waals surface area contributed by atoms with Crippen LogP contribution in [0.2, 0.25) is 0 Å². The van der Waals surface area contributed by atoms with Crippen molar-refractivity contribution in [1.29, 1.82) is 0 Å². The Morgan fingerprint density at radius 3 is 2.27 bits per heavy atom. The normalized spacial score (nSPS) is 15.7. The lowest BCUT2D eigenvalue weighted by molar-refractivity contribution is 0.517. The Bertz CT molecular complexity index is 396. The molecule has 0 saturated heterocycles. The number of unbranched alkanes of at least 4 members (excludes halogenated alkanes) is 3. The second-order valence-electron chi connectivity index (χ2n) is 7.49. The molecule has 0 N–H and O–H groups in total. The maximum absolute atomic E-state index is 14.7. The van der Waals surface area contributed by atoms with E-state index in [2.05, 4.69) is 39.8 Å². The Morgan fingerprint density at radius 2 is 1.59 bits per heavy atom. The summed E-state index contributed by atoms with van der Waals surface area (Å²) in [6, 6.07) is 0. The first-order valence-corrected chi connectivity index (χ1v) is 9.25. The van der Waals surface area contributed by atoms with Crippen molar-refractivity contribution in [2.24, 2.45) is 11.8 Å². The van der Waals surface area contributed by atoms with Gasteiger partial charge in [-0.25, -0.2) is 4.39 Å². The second kappa shape index (κ2) is 10.8. The molecule has 0 atom stereocenters. The SMILES string of the molecule is CC(C)CCCCCCC1=CCC=CC(CCC(C)C)=C1F. The van der Waals surface area contributed by atoms with E-state index in [1.165, 1.54) is 25.7 Å². The lowest BCUT2D eigenvalue weighted by Gasteiger charge is -2.10. The largest absolute Gasteiger partial charge is 0.206 e. The minimum absolute atomic E-state index is 0.0663. The number of halogens is 1. The summed E-state index contributed by atoms with van der Waals surface area (Å²) in [6.07, 6.45) is 16.2. The van der Waals surface area contributed by atoms with Gasteiger partial charge in [0.25, 0.3) is 0 Å². The number of hydrogen-bond acceptors (Lipinski definition) is 0. The van der Waals surface area contributed by atoms with Crippen LogP contribution in [0, 0.1) is 11.8 Å². The van der Waals surface area contributed by atoms with E-state index >= 15 is 0 Å². The predicted molar refractivity (Wildman–Crippen MR) is 96.6 cm³/mol. The maximum atomic E-state index is 14.7. The van der Waals surface area contributed by atoms with Crippen molar-refractivity contribution in [3.8, 4) is 0 Å². The number of hydrogen-bond donors (Lipinski definition) is 0. The van der Waals surface area contributed by atoms with Crippen molar-refractivity contribution < 1.29 is 4.39 Å². The second-order valence-corrected chi connectivity index (χ2v) is 7.49. The first kappa shape index (κ1) is 19.2. The molecule has 0 unspecified atom stereocenters. The molecule has 0 aliphatic heterocycles. The van der Waals surface area contributed by atoms with Gasteiger partial charge in [0.1, 0.15) is 5.83 Å². The van der Waals surface area contributed by atoms with Crippen LogP contribution in [-0.2, 0) is 0 Å². The fourth-order valence-electron chi connectivity index (χ4n) is 2.86. The molecule has 0 aromatic carbocycles. The molecule has 0 bridgehead atoms. The van der Waals surface area contributed by atoms with Crippen LogP contribution in [0.25, 0.3) is 0 Å². The molecule has 0 fully saturated rings. The van der Waals surface area contributed by atoms with Crippen LogP contribution in [-0.4, -0.2) is 0 Å². The number of rotatable bonds is 10. The Morgan fingerprint density at radius 1 is 0.909 bits per heavy atom. The summed E-state index contributed by atoms with van der Waals surface area (Å²) >= 11 is 0. The molecular formula is C21H35F. The quantitative estimate of drug-likeness (QED) is 0.366. The van der Waals surface area contributed by atoms with Gasteiger partial charge in [0.2, 0.25) is 0 Å². The fourth-order valence-corrected chi connectivity index (χ4v) is 2.86. The van der Waals surface area contributed by atoms with E-state index in [4.69, 9.17) is 0 Å². The zero-order chi connectivity index (χ0) is 16.4. The molecule has 1 heteroatoms. The highest BCUT2D eigenvalue weighted by molar-refractivity contribution is 5.38.